The van der Waals surface area contributed by atoms with Gasteiger partial charge in [0.05, 0.1) is 6.61 Å². The number of rotatable bonds is 5. The quantitative estimate of drug-likeness (QED) is 0.821. The molecule has 0 aromatic heterocycles. The number of benzene rings is 1. The molecule has 104 valence electrons. The van der Waals surface area contributed by atoms with Crippen molar-refractivity contribution in [1.29, 1.82) is 0 Å². The number of carbonyl (C=O) groups is 1. The zero-order valence-electron chi connectivity index (χ0n) is 11.4. The van der Waals surface area contributed by atoms with E-state index in [0.29, 0.717) is 22.9 Å². The Balaban J connectivity index is 2.79. The van der Waals surface area contributed by atoms with E-state index in [4.69, 9.17) is 21.4 Å². The van der Waals surface area contributed by atoms with Gasteiger partial charge < -0.3 is 9.84 Å². The number of ether oxygens (including phenoxy) is 1. The van der Waals surface area contributed by atoms with Crippen molar-refractivity contribution in [2.24, 2.45) is 5.41 Å². The van der Waals surface area contributed by atoms with Gasteiger partial charge in [-0.25, -0.2) is 4.79 Å². The minimum absolute atomic E-state index is 0.198. The first-order valence-corrected chi connectivity index (χ1v) is 6.49. The molecule has 0 saturated heterocycles. The predicted octanol–water partition coefficient (Wildman–Crippen LogP) is 4.25. The largest absolute Gasteiger partial charge is 0.493 e. The molecule has 1 aromatic rings. The number of halogens is 1. The third-order valence-electron chi connectivity index (χ3n) is 2.49. The van der Waals surface area contributed by atoms with Crippen LogP contribution in [0.15, 0.2) is 24.3 Å². The fourth-order valence-corrected chi connectivity index (χ4v) is 1.59. The fourth-order valence-electron chi connectivity index (χ4n) is 1.41. The zero-order valence-corrected chi connectivity index (χ0v) is 12.2. The van der Waals surface area contributed by atoms with E-state index in [0.717, 1.165) is 12.5 Å². The maximum atomic E-state index is 10.6. The van der Waals surface area contributed by atoms with E-state index < -0.39 is 5.97 Å². The van der Waals surface area contributed by atoms with Crippen molar-refractivity contribution in [1.82, 2.24) is 0 Å². The number of aliphatic carboxylic acids is 1. The Morgan fingerprint density at radius 3 is 2.68 bits per heavy atom. The van der Waals surface area contributed by atoms with Crippen molar-refractivity contribution >= 4 is 23.6 Å². The van der Waals surface area contributed by atoms with Crippen molar-refractivity contribution in [3.05, 3.63) is 34.9 Å². The predicted molar refractivity (Wildman–Crippen MR) is 77.7 cm³/mol. The van der Waals surface area contributed by atoms with Crippen LogP contribution >= 0.6 is 11.6 Å². The standard InChI is InChI=1S/C15H19ClO3/c1-15(2,3)8-9-19-13-6-5-12(16)10-11(13)4-7-14(17)18/h4-7,10H,8-9H2,1-3H3,(H,17,18). The lowest BCUT2D eigenvalue weighted by Gasteiger charge is -2.18. The maximum Gasteiger partial charge on any atom is 0.328 e. The summed E-state index contributed by atoms with van der Waals surface area (Å²) in [7, 11) is 0. The third-order valence-corrected chi connectivity index (χ3v) is 2.72. The van der Waals surface area contributed by atoms with Gasteiger partial charge in [-0.1, -0.05) is 32.4 Å². The smallest absolute Gasteiger partial charge is 0.328 e. The molecule has 0 bridgehead atoms. The first kappa shape index (κ1) is 15.6. The average Bonchev–Trinajstić information content (AvgIpc) is 2.27. The molecule has 0 heterocycles. The van der Waals surface area contributed by atoms with E-state index in [-0.39, 0.29) is 5.41 Å². The molecule has 0 saturated carbocycles. The van der Waals surface area contributed by atoms with Crippen molar-refractivity contribution in [2.75, 3.05) is 6.61 Å². The van der Waals surface area contributed by atoms with Gasteiger partial charge in [0, 0.05) is 16.7 Å². The summed E-state index contributed by atoms with van der Waals surface area (Å²) in [5, 5.41) is 9.21. The molecular weight excluding hydrogens is 264 g/mol. The van der Waals surface area contributed by atoms with Crippen molar-refractivity contribution in [3.8, 4) is 5.75 Å². The van der Waals surface area contributed by atoms with Crippen molar-refractivity contribution < 1.29 is 14.6 Å². The summed E-state index contributed by atoms with van der Waals surface area (Å²) in [6, 6.07) is 5.17. The first-order chi connectivity index (χ1) is 8.78. The molecule has 0 radical (unpaired) electrons. The molecule has 0 atom stereocenters. The summed E-state index contributed by atoms with van der Waals surface area (Å²) >= 11 is 5.90. The second kappa shape index (κ2) is 6.62. The normalized spacial score (nSPS) is 11.8. The van der Waals surface area contributed by atoms with E-state index in [1.165, 1.54) is 6.08 Å². The summed E-state index contributed by atoms with van der Waals surface area (Å²) in [6.45, 7) is 7.01. The lowest BCUT2D eigenvalue weighted by Crippen LogP contribution is -2.11. The number of carboxylic acids is 1. The minimum atomic E-state index is -0.999. The summed E-state index contributed by atoms with van der Waals surface area (Å²) in [6.07, 6.45) is 3.47. The van der Waals surface area contributed by atoms with E-state index in [9.17, 15) is 4.79 Å². The van der Waals surface area contributed by atoms with Crippen molar-refractivity contribution in [2.45, 2.75) is 27.2 Å². The van der Waals surface area contributed by atoms with Gasteiger partial charge >= 0.3 is 5.97 Å². The highest BCUT2D eigenvalue weighted by Gasteiger charge is 2.11. The molecular formula is C15H19ClO3. The molecule has 1 N–H and O–H groups in total. The average molecular weight is 283 g/mol. The van der Waals surface area contributed by atoms with Crippen LogP contribution in [0.3, 0.4) is 0 Å². The fraction of sp³-hybridized carbons (Fsp3) is 0.400. The highest BCUT2D eigenvalue weighted by molar-refractivity contribution is 6.30. The van der Waals surface area contributed by atoms with Gasteiger partial charge in [-0.3, -0.25) is 0 Å². The summed E-state index contributed by atoms with van der Waals surface area (Å²) < 4.78 is 5.70. The molecule has 1 aromatic carbocycles. The van der Waals surface area contributed by atoms with Crippen LogP contribution < -0.4 is 4.74 Å². The van der Waals surface area contributed by atoms with Gasteiger partial charge in [-0.15, -0.1) is 0 Å². The minimum Gasteiger partial charge on any atom is -0.493 e. The maximum absolute atomic E-state index is 10.6. The molecule has 0 fully saturated rings. The van der Waals surface area contributed by atoms with E-state index in [1.807, 2.05) is 0 Å². The molecule has 0 aliphatic carbocycles. The van der Waals surface area contributed by atoms with Gasteiger partial charge in [0.15, 0.2) is 0 Å². The topological polar surface area (TPSA) is 46.5 Å². The third kappa shape index (κ3) is 6.30. The Morgan fingerprint density at radius 1 is 1.42 bits per heavy atom. The van der Waals surface area contributed by atoms with Crippen LogP contribution in [0.4, 0.5) is 0 Å². The first-order valence-electron chi connectivity index (χ1n) is 6.11. The summed E-state index contributed by atoms with van der Waals surface area (Å²) in [5.74, 6) is -0.355. The molecule has 0 aliphatic rings. The second-order valence-electron chi connectivity index (χ2n) is 5.51. The lowest BCUT2D eigenvalue weighted by molar-refractivity contribution is -0.131. The lowest BCUT2D eigenvalue weighted by atomic mass is 9.93. The number of hydrogen-bond acceptors (Lipinski definition) is 2. The zero-order chi connectivity index (χ0) is 14.5. The molecule has 1 rings (SSSR count). The summed E-state index contributed by atoms with van der Waals surface area (Å²) in [5.41, 5.74) is 0.868. The molecule has 0 unspecified atom stereocenters. The highest BCUT2D eigenvalue weighted by atomic mass is 35.5. The van der Waals surface area contributed by atoms with Crippen LogP contribution in [-0.2, 0) is 4.79 Å². The molecule has 0 aliphatic heterocycles. The van der Waals surface area contributed by atoms with Gasteiger partial charge in [0.2, 0.25) is 0 Å². The Bertz CT molecular complexity index is 473. The van der Waals surface area contributed by atoms with Crippen LogP contribution in [0.25, 0.3) is 6.08 Å². The Labute approximate surface area is 118 Å². The van der Waals surface area contributed by atoms with Gasteiger partial charge in [-0.2, -0.15) is 0 Å². The Kier molecular flexibility index (Phi) is 5.43. The monoisotopic (exact) mass is 282 g/mol. The van der Waals surface area contributed by atoms with E-state index in [1.54, 1.807) is 18.2 Å². The SMILES string of the molecule is CC(C)(C)CCOc1ccc(Cl)cc1C=CC(=O)O. The molecule has 19 heavy (non-hydrogen) atoms. The van der Waals surface area contributed by atoms with E-state index >= 15 is 0 Å². The second-order valence-corrected chi connectivity index (χ2v) is 5.95. The van der Waals surface area contributed by atoms with Crippen LogP contribution in [0.1, 0.15) is 32.8 Å². The van der Waals surface area contributed by atoms with Gasteiger partial charge in [0.25, 0.3) is 0 Å². The molecule has 0 spiro atoms. The van der Waals surface area contributed by atoms with Crippen molar-refractivity contribution in [3.63, 3.8) is 0 Å². The van der Waals surface area contributed by atoms with Gasteiger partial charge in [0.1, 0.15) is 5.75 Å². The highest BCUT2D eigenvalue weighted by Crippen LogP contribution is 2.26. The molecule has 3 nitrogen and oxygen atoms in total. The molecule has 0 amide bonds. The van der Waals surface area contributed by atoms with Crippen LogP contribution in [0.5, 0.6) is 5.75 Å². The molecule has 4 heteroatoms. The Hall–Kier alpha value is -1.48. The number of carboxylic acid groups (broad SMARTS) is 1. The van der Waals surface area contributed by atoms with Crippen LogP contribution in [0.2, 0.25) is 5.02 Å². The number of hydrogen-bond donors (Lipinski definition) is 1. The van der Waals surface area contributed by atoms with Crippen LogP contribution in [-0.4, -0.2) is 17.7 Å². The van der Waals surface area contributed by atoms with E-state index in [2.05, 4.69) is 20.8 Å². The Morgan fingerprint density at radius 2 is 2.11 bits per heavy atom. The summed E-state index contributed by atoms with van der Waals surface area (Å²) in [4.78, 5) is 10.6. The van der Waals surface area contributed by atoms with Gasteiger partial charge in [-0.05, 0) is 36.1 Å². The van der Waals surface area contributed by atoms with Crippen LogP contribution in [0, 0.1) is 5.41 Å².